The molecule has 3 N–H and O–H groups in total. The molecule has 1 aliphatic rings. The minimum Gasteiger partial charge on any atom is -0.444 e. The third kappa shape index (κ3) is 7.17. The Morgan fingerprint density at radius 1 is 0.973 bits per heavy atom. The second-order valence-corrected chi connectivity index (χ2v) is 10.1. The maximum atomic E-state index is 12.9. The number of aromatic nitrogens is 2. The standard InChI is InChI=1S/C25H29N7O4S/c1-25(2,3)36-24(35)32-13-11-31(12-14-32)19-9-10-26-15-18(19)28-21(33)22-29-20(16-37-22)30-23(34)27-17-7-5-4-6-8-17/h4-10,15-16H,11-14H2,1-3H3,(H,28,33)(H2,27,30,34). The largest absolute Gasteiger partial charge is 0.444 e. The Hall–Kier alpha value is -4.19. The first-order valence-electron chi connectivity index (χ1n) is 11.7. The number of pyridine rings is 1. The van der Waals surface area contributed by atoms with E-state index in [4.69, 9.17) is 4.74 Å². The molecule has 0 unspecified atom stereocenters. The number of anilines is 4. The van der Waals surface area contributed by atoms with Gasteiger partial charge in [0.1, 0.15) is 11.4 Å². The first-order chi connectivity index (χ1) is 17.7. The van der Waals surface area contributed by atoms with E-state index >= 15 is 0 Å². The number of hydrogen-bond acceptors (Lipinski definition) is 8. The molecule has 0 bridgehead atoms. The van der Waals surface area contributed by atoms with Crippen LogP contribution in [0.3, 0.4) is 0 Å². The van der Waals surface area contributed by atoms with E-state index in [1.54, 1.807) is 34.8 Å². The Labute approximate surface area is 218 Å². The van der Waals surface area contributed by atoms with Crippen LogP contribution in [0, 0.1) is 0 Å². The number of amides is 4. The first kappa shape index (κ1) is 25.9. The third-order valence-corrected chi connectivity index (χ3v) is 6.13. The highest BCUT2D eigenvalue weighted by Gasteiger charge is 2.27. The van der Waals surface area contributed by atoms with Crippen molar-refractivity contribution in [2.45, 2.75) is 26.4 Å². The summed E-state index contributed by atoms with van der Waals surface area (Å²) in [5, 5.41) is 9.99. The van der Waals surface area contributed by atoms with Crippen LogP contribution in [-0.2, 0) is 4.74 Å². The van der Waals surface area contributed by atoms with Gasteiger partial charge in [0.25, 0.3) is 5.91 Å². The quantitative estimate of drug-likeness (QED) is 0.449. The van der Waals surface area contributed by atoms with Gasteiger partial charge in [0, 0.05) is 43.4 Å². The molecule has 0 saturated carbocycles. The van der Waals surface area contributed by atoms with Crippen LogP contribution in [0.15, 0.2) is 54.2 Å². The lowest BCUT2D eigenvalue weighted by Gasteiger charge is -2.37. The Kier molecular flexibility index (Phi) is 7.87. The summed E-state index contributed by atoms with van der Waals surface area (Å²) in [5.74, 6) is -0.142. The van der Waals surface area contributed by atoms with Gasteiger partial charge in [-0.2, -0.15) is 0 Å². The van der Waals surface area contributed by atoms with Crippen molar-refractivity contribution in [3.8, 4) is 0 Å². The van der Waals surface area contributed by atoms with Crippen molar-refractivity contribution in [3.05, 3.63) is 59.2 Å². The normalized spacial score (nSPS) is 13.6. The molecule has 1 aromatic carbocycles. The number of nitrogens with zero attached hydrogens (tertiary/aromatic N) is 4. The Morgan fingerprint density at radius 3 is 2.41 bits per heavy atom. The molecular formula is C25H29N7O4S. The summed E-state index contributed by atoms with van der Waals surface area (Å²) >= 11 is 1.12. The predicted octanol–water partition coefficient (Wildman–Crippen LogP) is 4.49. The second kappa shape index (κ2) is 11.2. The van der Waals surface area contributed by atoms with Gasteiger partial charge < -0.3 is 25.2 Å². The van der Waals surface area contributed by atoms with Gasteiger partial charge in [-0.1, -0.05) is 18.2 Å². The Bertz CT molecular complexity index is 1250. The maximum Gasteiger partial charge on any atom is 0.410 e. The number of carbonyl (C=O) groups is 3. The molecule has 4 amide bonds. The highest BCUT2D eigenvalue weighted by Crippen LogP contribution is 2.27. The molecule has 0 radical (unpaired) electrons. The van der Waals surface area contributed by atoms with E-state index in [-0.39, 0.29) is 16.9 Å². The molecule has 194 valence electrons. The van der Waals surface area contributed by atoms with Crippen molar-refractivity contribution in [2.24, 2.45) is 0 Å². The summed E-state index contributed by atoms with van der Waals surface area (Å²) < 4.78 is 5.46. The van der Waals surface area contributed by atoms with E-state index in [0.717, 1.165) is 17.0 Å². The number of hydrogen-bond donors (Lipinski definition) is 3. The van der Waals surface area contributed by atoms with Gasteiger partial charge in [0.2, 0.25) is 0 Å². The molecule has 0 spiro atoms. The molecule has 1 saturated heterocycles. The van der Waals surface area contributed by atoms with E-state index in [0.29, 0.717) is 37.6 Å². The van der Waals surface area contributed by atoms with Crippen molar-refractivity contribution >= 4 is 52.2 Å². The zero-order chi connectivity index (χ0) is 26.4. The number of thiazole rings is 1. The van der Waals surface area contributed by atoms with Crippen LogP contribution in [0.4, 0.5) is 32.5 Å². The average Bonchev–Trinajstić information content (AvgIpc) is 3.32. The number of benzene rings is 1. The summed E-state index contributed by atoms with van der Waals surface area (Å²) in [7, 11) is 0. The molecule has 3 heterocycles. The van der Waals surface area contributed by atoms with E-state index in [1.165, 1.54) is 0 Å². The molecule has 12 heteroatoms. The summed E-state index contributed by atoms with van der Waals surface area (Å²) in [4.78, 5) is 49.6. The van der Waals surface area contributed by atoms with Crippen LogP contribution in [0.25, 0.3) is 0 Å². The van der Waals surface area contributed by atoms with Crippen molar-refractivity contribution in [2.75, 3.05) is 47.0 Å². The van der Waals surface area contributed by atoms with E-state index in [2.05, 4.69) is 30.8 Å². The molecule has 37 heavy (non-hydrogen) atoms. The minimum atomic E-state index is -0.548. The van der Waals surface area contributed by atoms with Crippen LogP contribution in [0.1, 0.15) is 30.6 Å². The molecule has 2 aromatic heterocycles. The van der Waals surface area contributed by atoms with Gasteiger partial charge in [-0.05, 0) is 39.0 Å². The number of carbonyl (C=O) groups excluding carboxylic acids is 3. The highest BCUT2D eigenvalue weighted by atomic mass is 32.1. The number of para-hydroxylation sites is 1. The van der Waals surface area contributed by atoms with Gasteiger partial charge in [-0.15, -0.1) is 11.3 Å². The van der Waals surface area contributed by atoms with Crippen LogP contribution < -0.4 is 20.9 Å². The fourth-order valence-corrected chi connectivity index (χ4v) is 4.27. The molecule has 1 aliphatic heterocycles. The number of piperazine rings is 1. The molecule has 1 fully saturated rings. The Balaban J connectivity index is 1.35. The summed E-state index contributed by atoms with van der Waals surface area (Å²) in [6, 6.07) is 10.4. The average molecular weight is 524 g/mol. The van der Waals surface area contributed by atoms with Crippen molar-refractivity contribution < 1.29 is 19.1 Å². The lowest BCUT2D eigenvalue weighted by atomic mass is 10.2. The number of nitrogens with one attached hydrogen (secondary N) is 3. The van der Waals surface area contributed by atoms with Gasteiger partial charge in [0.05, 0.1) is 17.6 Å². The maximum absolute atomic E-state index is 12.9. The molecule has 4 rings (SSSR count). The van der Waals surface area contributed by atoms with Crippen LogP contribution in [0.2, 0.25) is 0 Å². The van der Waals surface area contributed by atoms with Crippen molar-refractivity contribution in [1.82, 2.24) is 14.9 Å². The fourth-order valence-electron chi connectivity index (χ4n) is 3.63. The van der Waals surface area contributed by atoms with Crippen molar-refractivity contribution in [3.63, 3.8) is 0 Å². The van der Waals surface area contributed by atoms with Crippen LogP contribution >= 0.6 is 11.3 Å². The third-order valence-electron chi connectivity index (χ3n) is 5.29. The zero-order valence-corrected chi connectivity index (χ0v) is 21.7. The summed E-state index contributed by atoms with van der Waals surface area (Å²) in [6.45, 7) is 7.67. The lowest BCUT2D eigenvalue weighted by Crippen LogP contribution is -2.50. The minimum absolute atomic E-state index is 0.194. The van der Waals surface area contributed by atoms with E-state index < -0.39 is 17.5 Å². The SMILES string of the molecule is CC(C)(C)OC(=O)N1CCN(c2ccncc2NC(=O)c2nc(NC(=O)Nc3ccccc3)cs2)CC1. The number of urea groups is 1. The van der Waals surface area contributed by atoms with Gasteiger partial charge >= 0.3 is 12.1 Å². The first-order valence-corrected chi connectivity index (χ1v) is 12.6. The molecule has 11 nitrogen and oxygen atoms in total. The van der Waals surface area contributed by atoms with Gasteiger partial charge in [-0.3, -0.25) is 15.1 Å². The number of rotatable bonds is 5. The van der Waals surface area contributed by atoms with Gasteiger partial charge in [0.15, 0.2) is 5.01 Å². The smallest absolute Gasteiger partial charge is 0.410 e. The van der Waals surface area contributed by atoms with E-state index in [1.807, 2.05) is 45.0 Å². The lowest BCUT2D eigenvalue weighted by molar-refractivity contribution is 0.0240. The van der Waals surface area contributed by atoms with Gasteiger partial charge in [-0.25, -0.2) is 14.6 Å². The van der Waals surface area contributed by atoms with E-state index in [9.17, 15) is 14.4 Å². The zero-order valence-electron chi connectivity index (χ0n) is 20.9. The predicted molar refractivity (Wildman–Crippen MR) is 143 cm³/mol. The molecule has 0 aliphatic carbocycles. The summed E-state index contributed by atoms with van der Waals surface area (Å²) in [5.41, 5.74) is 1.42. The fraction of sp³-hybridized carbons (Fsp3) is 0.320. The second-order valence-electron chi connectivity index (χ2n) is 9.28. The number of ether oxygens (including phenoxy) is 1. The van der Waals surface area contributed by atoms with Crippen molar-refractivity contribution in [1.29, 1.82) is 0 Å². The summed E-state index contributed by atoms with van der Waals surface area (Å²) in [6.07, 6.45) is 2.90. The highest BCUT2D eigenvalue weighted by molar-refractivity contribution is 7.12. The van der Waals surface area contributed by atoms with Crippen LogP contribution in [0.5, 0.6) is 0 Å². The topological polar surface area (TPSA) is 129 Å². The molecular weight excluding hydrogens is 494 g/mol. The molecule has 0 atom stereocenters. The molecule has 3 aromatic rings. The monoisotopic (exact) mass is 523 g/mol. The Morgan fingerprint density at radius 2 is 1.70 bits per heavy atom. The van der Waals surface area contributed by atoms with Crippen LogP contribution in [-0.4, -0.2) is 64.7 Å².